The molecule has 0 aliphatic heterocycles. The van der Waals surface area contributed by atoms with E-state index in [4.69, 9.17) is 4.74 Å². The number of nitro benzene ring substituents is 1. The summed E-state index contributed by atoms with van der Waals surface area (Å²) in [5, 5.41) is 13.2. The van der Waals surface area contributed by atoms with Gasteiger partial charge >= 0.3 is 0 Å². The van der Waals surface area contributed by atoms with Crippen LogP contribution in [0.15, 0.2) is 18.2 Å². The minimum Gasteiger partial charge on any atom is -0.495 e. The number of benzene rings is 1. The van der Waals surface area contributed by atoms with Crippen LogP contribution in [0.5, 0.6) is 5.75 Å². The molecule has 1 N–H and O–H groups in total. The van der Waals surface area contributed by atoms with Gasteiger partial charge in [0.2, 0.25) is 5.91 Å². The van der Waals surface area contributed by atoms with Gasteiger partial charge in [-0.05, 0) is 12.5 Å². The van der Waals surface area contributed by atoms with E-state index in [1.165, 1.54) is 25.3 Å². The number of nitro groups is 1. The first-order valence-corrected chi connectivity index (χ1v) is 8.09. The van der Waals surface area contributed by atoms with Gasteiger partial charge in [0.15, 0.2) is 0 Å². The Morgan fingerprint density at radius 3 is 2.62 bits per heavy atom. The average Bonchev–Trinajstić information content (AvgIpc) is 2.36. The Morgan fingerprint density at radius 1 is 1.43 bits per heavy atom. The number of nitrogens with one attached hydrogen (secondary N) is 1. The van der Waals surface area contributed by atoms with E-state index in [2.05, 4.69) is 5.32 Å². The molecule has 1 aromatic rings. The summed E-state index contributed by atoms with van der Waals surface area (Å²) in [4.78, 5) is 21.8. The number of hydrogen-bond donors (Lipinski definition) is 1. The van der Waals surface area contributed by atoms with Crippen molar-refractivity contribution in [2.75, 3.05) is 24.4 Å². The normalized spacial score (nSPS) is 11.0. The molecule has 0 aromatic heterocycles. The molecule has 0 aliphatic rings. The summed E-state index contributed by atoms with van der Waals surface area (Å²) >= 11 is 0. The highest BCUT2D eigenvalue weighted by Crippen LogP contribution is 2.28. The van der Waals surface area contributed by atoms with Gasteiger partial charge < -0.3 is 10.1 Å². The van der Waals surface area contributed by atoms with Gasteiger partial charge in [0, 0.05) is 24.8 Å². The standard InChI is InChI=1S/C12H16N2O6S/c1-20-11-6-5-9(14(16)17)8-10(11)13-12(15)4-3-7-21(2,18)19/h5-6,8H,3-4,7H2,1-2H3,(H,13,15). The Balaban J connectivity index is 2.74. The zero-order valence-corrected chi connectivity index (χ0v) is 12.5. The van der Waals surface area contributed by atoms with Crippen LogP contribution in [0.4, 0.5) is 11.4 Å². The molecule has 0 saturated carbocycles. The fourth-order valence-corrected chi connectivity index (χ4v) is 2.28. The van der Waals surface area contributed by atoms with Crippen molar-refractivity contribution in [1.82, 2.24) is 0 Å². The Hall–Kier alpha value is -2.16. The third-order valence-corrected chi connectivity index (χ3v) is 3.62. The van der Waals surface area contributed by atoms with Crippen molar-refractivity contribution in [1.29, 1.82) is 0 Å². The molecule has 116 valence electrons. The number of methoxy groups -OCH3 is 1. The lowest BCUT2D eigenvalue weighted by atomic mass is 10.2. The van der Waals surface area contributed by atoms with Gasteiger partial charge in [-0.3, -0.25) is 14.9 Å². The lowest BCUT2D eigenvalue weighted by Crippen LogP contribution is -2.14. The molecule has 0 unspecified atom stereocenters. The second kappa shape index (κ2) is 7.02. The van der Waals surface area contributed by atoms with E-state index in [0.717, 1.165) is 6.26 Å². The molecule has 0 spiro atoms. The van der Waals surface area contributed by atoms with Crippen molar-refractivity contribution in [2.45, 2.75) is 12.8 Å². The molecule has 21 heavy (non-hydrogen) atoms. The molecule has 9 heteroatoms. The summed E-state index contributed by atoms with van der Waals surface area (Å²) < 4.78 is 26.9. The van der Waals surface area contributed by atoms with Crippen LogP contribution in [0.25, 0.3) is 0 Å². The van der Waals surface area contributed by atoms with Gasteiger partial charge in [0.1, 0.15) is 15.6 Å². The number of rotatable bonds is 7. The van der Waals surface area contributed by atoms with Crippen molar-refractivity contribution >= 4 is 27.1 Å². The van der Waals surface area contributed by atoms with Crippen molar-refractivity contribution in [2.24, 2.45) is 0 Å². The highest BCUT2D eigenvalue weighted by Gasteiger charge is 2.14. The van der Waals surface area contributed by atoms with E-state index in [0.29, 0.717) is 0 Å². The van der Waals surface area contributed by atoms with Crippen LogP contribution in [0.3, 0.4) is 0 Å². The molecule has 1 aromatic carbocycles. The summed E-state index contributed by atoms with van der Waals surface area (Å²) in [6.45, 7) is 0. The first-order valence-electron chi connectivity index (χ1n) is 6.03. The molecule has 0 heterocycles. The Labute approximate surface area is 122 Å². The number of anilines is 1. The number of hydrogen-bond acceptors (Lipinski definition) is 6. The van der Waals surface area contributed by atoms with E-state index in [1.54, 1.807) is 0 Å². The third-order valence-electron chi connectivity index (χ3n) is 2.59. The summed E-state index contributed by atoms with van der Waals surface area (Å²) in [6, 6.07) is 3.83. The number of ether oxygens (including phenoxy) is 1. The quantitative estimate of drug-likeness (QED) is 0.600. The number of sulfone groups is 1. The zero-order valence-electron chi connectivity index (χ0n) is 11.7. The molecular weight excluding hydrogens is 300 g/mol. The van der Waals surface area contributed by atoms with Crippen molar-refractivity contribution in [3.8, 4) is 5.75 Å². The van der Waals surface area contributed by atoms with Crippen LogP contribution in [0, 0.1) is 10.1 Å². The molecule has 0 fully saturated rings. The molecule has 1 amide bonds. The van der Waals surface area contributed by atoms with Crippen molar-refractivity contribution in [3.05, 3.63) is 28.3 Å². The Bertz CT molecular complexity index is 641. The second-order valence-corrected chi connectivity index (χ2v) is 6.68. The van der Waals surface area contributed by atoms with Crippen LogP contribution in [-0.4, -0.2) is 38.4 Å². The van der Waals surface area contributed by atoms with E-state index < -0.39 is 20.7 Å². The van der Waals surface area contributed by atoms with Gasteiger partial charge in [-0.15, -0.1) is 0 Å². The molecule has 1 rings (SSSR count). The maximum atomic E-state index is 11.7. The monoisotopic (exact) mass is 316 g/mol. The summed E-state index contributed by atoms with van der Waals surface area (Å²) in [5.41, 5.74) is -0.00158. The van der Waals surface area contributed by atoms with E-state index in [1.807, 2.05) is 0 Å². The maximum Gasteiger partial charge on any atom is 0.271 e. The largest absolute Gasteiger partial charge is 0.495 e. The number of non-ortho nitro benzene ring substituents is 1. The Morgan fingerprint density at radius 2 is 2.10 bits per heavy atom. The molecule has 8 nitrogen and oxygen atoms in total. The first-order chi connectivity index (χ1) is 9.73. The van der Waals surface area contributed by atoms with E-state index in [9.17, 15) is 23.3 Å². The van der Waals surface area contributed by atoms with Gasteiger partial charge in [0.25, 0.3) is 5.69 Å². The SMILES string of the molecule is COc1ccc([N+](=O)[O-])cc1NC(=O)CCCS(C)(=O)=O. The fourth-order valence-electron chi connectivity index (χ4n) is 1.61. The molecule has 0 atom stereocenters. The van der Waals surface area contributed by atoms with Crippen LogP contribution in [-0.2, 0) is 14.6 Å². The lowest BCUT2D eigenvalue weighted by molar-refractivity contribution is -0.384. The number of amides is 1. The smallest absolute Gasteiger partial charge is 0.271 e. The van der Waals surface area contributed by atoms with Crippen LogP contribution in [0.1, 0.15) is 12.8 Å². The van der Waals surface area contributed by atoms with Crippen LogP contribution < -0.4 is 10.1 Å². The van der Waals surface area contributed by atoms with E-state index >= 15 is 0 Å². The van der Waals surface area contributed by atoms with Gasteiger partial charge in [0.05, 0.1) is 23.5 Å². The second-order valence-electron chi connectivity index (χ2n) is 4.42. The highest BCUT2D eigenvalue weighted by atomic mass is 32.2. The third kappa shape index (κ3) is 5.78. The van der Waals surface area contributed by atoms with Crippen LogP contribution in [0.2, 0.25) is 0 Å². The van der Waals surface area contributed by atoms with Gasteiger partial charge in [-0.2, -0.15) is 0 Å². The average molecular weight is 316 g/mol. The first kappa shape index (κ1) is 16.9. The lowest BCUT2D eigenvalue weighted by Gasteiger charge is -2.09. The van der Waals surface area contributed by atoms with E-state index in [-0.39, 0.29) is 35.7 Å². The van der Waals surface area contributed by atoms with Crippen molar-refractivity contribution < 1.29 is 22.9 Å². The van der Waals surface area contributed by atoms with Crippen molar-refractivity contribution in [3.63, 3.8) is 0 Å². The molecule has 0 aliphatic carbocycles. The summed E-state index contributed by atoms with van der Waals surface area (Å²) in [7, 11) is -1.74. The Kier molecular flexibility index (Phi) is 5.65. The predicted molar refractivity (Wildman–Crippen MR) is 77.2 cm³/mol. The molecule has 0 saturated heterocycles. The number of carbonyl (C=O) groups excluding carboxylic acids is 1. The fraction of sp³-hybridized carbons (Fsp3) is 0.417. The highest BCUT2D eigenvalue weighted by molar-refractivity contribution is 7.90. The number of carbonyl (C=O) groups is 1. The summed E-state index contributed by atoms with van der Waals surface area (Å²) in [6.07, 6.45) is 1.27. The number of nitrogens with zero attached hydrogens (tertiary/aromatic N) is 1. The molecule has 0 radical (unpaired) electrons. The van der Waals surface area contributed by atoms with Gasteiger partial charge in [-0.1, -0.05) is 0 Å². The minimum absolute atomic E-state index is 0.00108. The topological polar surface area (TPSA) is 116 Å². The van der Waals surface area contributed by atoms with Gasteiger partial charge in [-0.25, -0.2) is 8.42 Å². The maximum absolute atomic E-state index is 11.7. The zero-order chi connectivity index (χ0) is 16.0. The minimum atomic E-state index is -3.12. The summed E-state index contributed by atoms with van der Waals surface area (Å²) in [5.74, 6) is -0.235. The molecule has 0 bridgehead atoms. The molecular formula is C12H16N2O6S. The predicted octanol–water partition coefficient (Wildman–Crippen LogP) is 1.37. The van der Waals surface area contributed by atoms with Crippen LogP contribution >= 0.6 is 0 Å².